The molecular weight excluding hydrogens is 268 g/mol. The van der Waals surface area contributed by atoms with E-state index in [0.29, 0.717) is 13.1 Å². The third kappa shape index (κ3) is 2.63. The van der Waals surface area contributed by atoms with Crippen molar-refractivity contribution in [1.29, 1.82) is 0 Å². The lowest BCUT2D eigenvalue weighted by molar-refractivity contribution is -0.141. The summed E-state index contributed by atoms with van der Waals surface area (Å²) in [5.74, 6) is -1.49. The van der Waals surface area contributed by atoms with Gasteiger partial charge in [-0.05, 0) is 31.0 Å². The maximum atomic E-state index is 11.8. The molecule has 5 heteroatoms. The molecule has 3 rings (SSSR count). The van der Waals surface area contributed by atoms with Gasteiger partial charge in [0.2, 0.25) is 5.91 Å². The van der Waals surface area contributed by atoms with E-state index in [-0.39, 0.29) is 12.3 Å². The Morgan fingerprint density at radius 1 is 1.48 bits per heavy atom. The zero-order valence-electron chi connectivity index (χ0n) is 11.9. The lowest BCUT2D eigenvalue weighted by Gasteiger charge is -2.15. The van der Waals surface area contributed by atoms with Crippen LogP contribution in [0.1, 0.15) is 17.5 Å². The predicted molar refractivity (Wildman–Crippen MR) is 79.1 cm³/mol. The van der Waals surface area contributed by atoms with E-state index in [2.05, 4.69) is 30.1 Å². The van der Waals surface area contributed by atoms with Crippen molar-refractivity contribution in [3.8, 4) is 0 Å². The van der Waals surface area contributed by atoms with Crippen molar-refractivity contribution in [2.75, 3.05) is 13.1 Å². The summed E-state index contributed by atoms with van der Waals surface area (Å²) < 4.78 is 0. The molecular formula is C16H18N2O3. The van der Waals surface area contributed by atoms with Gasteiger partial charge in [0.25, 0.3) is 0 Å². The smallest absolute Gasteiger partial charge is 0.308 e. The highest BCUT2D eigenvalue weighted by atomic mass is 16.4. The predicted octanol–water partition coefficient (Wildman–Crippen LogP) is 1.95. The lowest BCUT2D eigenvalue weighted by Crippen LogP contribution is -2.28. The van der Waals surface area contributed by atoms with E-state index in [1.807, 2.05) is 6.20 Å². The van der Waals surface area contributed by atoms with E-state index in [0.717, 1.165) is 11.9 Å². The standard InChI is InChI=1S/C16H18N2O3/c1-10-2-3-14-13(6-10)11(8-17-14)4-5-18-9-12(16(20)21)7-15(18)19/h2-3,6,8,12,17H,4-5,7,9H2,1H3,(H,20,21)/t12-/m0/s1. The molecule has 5 nitrogen and oxygen atoms in total. The fourth-order valence-corrected chi connectivity index (χ4v) is 2.91. The van der Waals surface area contributed by atoms with Crippen LogP contribution in [0.5, 0.6) is 0 Å². The second-order valence-corrected chi connectivity index (χ2v) is 5.69. The number of aryl methyl sites for hydroxylation is 1. The molecule has 2 heterocycles. The zero-order chi connectivity index (χ0) is 15.0. The number of aromatic nitrogens is 1. The van der Waals surface area contributed by atoms with Crippen LogP contribution in [0.25, 0.3) is 10.9 Å². The molecule has 1 fully saturated rings. The first-order chi connectivity index (χ1) is 10.0. The van der Waals surface area contributed by atoms with Gasteiger partial charge in [0.1, 0.15) is 0 Å². The molecule has 2 aromatic rings. The Balaban J connectivity index is 1.71. The van der Waals surface area contributed by atoms with Crippen LogP contribution in [0, 0.1) is 12.8 Å². The summed E-state index contributed by atoms with van der Waals surface area (Å²) in [6.45, 7) is 2.96. The molecule has 1 aromatic carbocycles. The SMILES string of the molecule is Cc1ccc2[nH]cc(CCN3C[C@@H](C(=O)O)CC3=O)c2c1. The number of benzene rings is 1. The van der Waals surface area contributed by atoms with Crippen molar-refractivity contribution < 1.29 is 14.7 Å². The molecule has 1 amide bonds. The number of nitrogens with one attached hydrogen (secondary N) is 1. The molecule has 1 aliphatic rings. The van der Waals surface area contributed by atoms with E-state index in [9.17, 15) is 9.59 Å². The van der Waals surface area contributed by atoms with Crippen molar-refractivity contribution >= 4 is 22.8 Å². The Bertz CT molecular complexity index is 705. The molecule has 0 saturated carbocycles. The largest absolute Gasteiger partial charge is 0.481 e. The second-order valence-electron chi connectivity index (χ2n) is 5.69. The van der Waals surface area contributed by atoms with Gasteiger partial charge in [-0.1, -0.05) is 11.6 Å². The highest BCUT2D eigenvalue weighted by Gasteiger charge is 2.33. The van der Waals surface area contributed by atoms with Crippen molar-refractivity contribution in [1.82, 2.24) is 9.88 Å². The number of likely N-dealkylation sites (tertiary alicyclic amines) is 1. The Morgan fingerprint density at radius 3 is 3.00 bits per heavy atom. The van der Waals surface area contributed by atoms with Crippen LogP contribution in [0.4, 0.5) is 0 Å². The average molecular weight is 286 g/mol. The summed E-state index contributed by atoms with van der Waals surface area (Å²) in [7, 11) is 0. The molecule has 0 radical (unpaired) electrons. The second kappa shape index (κ2) is 5.24. The van der Waals surface area contributed by atoms with Crippen LogP contribution in [0.3, 0.4) is 0 Å². The Morgan fingerprint density at radius 2 is 2.29 bits per heavy atom. The van der Waals surface area contributed by atoms with Gasteiger partial charge >= 0.3 is 5.97 Å². The number of hydrogen-bond acceptors (Lipinski definition) is 2. The number of aliphatic carboxylic acids is 1. The number of H-pyrrole nitrogens is 1. The number of amides is 1. The van der Waals surface area contributed by atoms with Crippen LogP contribution in [-0.4, -0.2) is 40.0 Å². The average Bonchev–Trinajstić information content (AvgIpc) is 3.00. The third-order valence-corrected chi connectivity index (χ3v) is 4.14. The summed E-state index contributed by atoms with van der Waals surface area (Å²) in [6, 6.07) is 6.24. The first-order valence-electron chi connectivity index (χ1n) is 7.12. The molecule has 2 N–H and O–H groups in total. The molecule has 21 heavy (non-hydrogen) atoms. The number of fused-ring (bicyclic) bond motifs is 1. The van der Waals surface area contributed by atoms with Gasteiger partial charge in [0, 0.05) is 36.6 Å². The van der Waals surface area contributed by atoms with Crippen LogP contribution >= 0.6 is 0 Å². The maximum Gasteiger partial charge on any atom is 0.308 e. The summed E-state index contributed by atoms with van der Waals surface area (Å²) >= 11 is 0. The third-order valence-electron chi connectivity index (χ3n) is 4.14. The summed E-state index contributed by atoms with van der Waals surface area (Å²) in [5, 5.41) is 10.2. The molecule has 0 spiro atoms. The van der Waals surface area contributed by atoms with E-state index in [1.165, 1.54) is 16.5 Å². The number of carbonyl (C=O) groups excluding carboxylic acids is 1. The summed E-state index contributed by atoms with van der Waals surface area (Å²) in [6.07, 6.45) is 2.84. The van der Waals surface area contributed by atoms with Gasteiger partial charge in [-0.15, -0.1) is 0 Å². The van der Waals surface area contributed by atoms with Crippen LogP contribution in [-0.2, 0) is 16.0 Å². The zero-order valence-corrected chi connectivity index (χ0v) is 11.9. The van der Waals surface area contributed by atoms with Crippen molar-refractivity contribution in [2.24, 2.45) is 5.92 Å². The summed E-state index contributed by atoms with van der Waals surface area (Å²) in [4.78, 5) is 27.7. The number of carboxylic acids is 1. The molecule has 0 aliphatic carbocycles. The van der Waals surface area contributed by atoms with E-state index < -0.39 is 11.9 Å². The topological polar surface area (TPSA) is 73.4 Å². The van der Waals surface area contributed by atoms with Crippen LogP contribution < -0.4 is 0 Å². The van der Waals surface area contributed by atoms with E-state index >= 15 is 0 Å². The quantitative estimate of drug-likeness (QED) is 0.902. The highest BCUT2D eigenvalue weighted by molar-refractivity contribution is 5.86. The van der Waals surface area contributed by atoms with Crippen molar-refractivity contribution in [3.05, 3.63) is 35.5 Å². The summed E-state index contributed by atoms with van der Waals surface area (Å²) in [5.41, 5.74) is 3.46. The van der Waals surface area contributed by atoms with Crippen LogP contribution in [0.15, 0.2) is 24.4 Å². The number of hydrogen-bond donors (Lipinski definition) is 2. The number of carbonyl (C=O) groups is 2. The number of carboxylic acid groups (broad SMARTS) is 1. The number of aromatic amines is 1. The number of nitrogens with zero attached hydrogens (tertiary/aromatic N) is 1. The Hall–Kier alpha value is -2.30. The maximum absolute atomic E-state index is 11.8. The minimum atomic E-state index is -0.881. The molecule has 1 atom stereocenters. The van der Waals surface area contributed by atoms with Gasteiger partial charge < -0.3 is 15.0 Å². The molecule has 1 saturated heterocycles. The first kappa shape index (κ1) is 13.7. The van der Waals surface area contributed by atoms with E-state index in [1.54, 1.807) is 4.90 Å². The molecule has 0 unspecified atom stereocenters. The van der Waals surface area contributed by atoms with Crippen molar-refractivity contribution in [3.63, 3.8) is 0 Å². The van der Waals surface area contributed by atoms with Gasteiger partial charge in [-0.3, -0.25) is 9.59 Å². The lowest BCUT2D eigenvalue weighted by atomic mass is 10.1. The minimum absolute atomic E-state index is 0.0570. The Kier molecular flexibility index (Phi) is 3.41. The molecule has 0 bridgehead atoms. The van der Waals surface area contributed by atoms with Gasteiger partial charge in [0.15, 0.2) is 0 Å². The molecule has 1 aromatic heterocycles. The van der Waals surface area contributed by atoms with Crippen LogP contribution in [0.2, 0.25) is 0 Å². The van der Waals surface area contributed by atoms with Crippen molar-refractivity contribution in [2.45, 2.75) is 19.8 Å². The van der Waals surface area contributed by atoms with Gasteiger partial charge in [0.05, 0.1) is 5.92 Å². The highest BCUT2D eigenvalue weighted by Crippen LogP contribution is 2.22. The monoisotopic (exact) mass is 286 g/mol. The van der Waals surface area contributed by atoms with Gasteiger partial charge in [-0.25, -0.2) is 0 Å². The Labute approximate surface area is 122 Å². The normalized spacial score (nSPS) is 18.6. The first-order valence-corrected chi connectivity index (χ1v) is 7.12. The fourth-order valence-electron chi connectivity index (χ4n) is 2.91. The molecule has 110 valence electrons. The fraction of sp³-hybridized carbons (Fsp3) is 0.375. The minimum Gasteiger partial charge on any atom is -0.481 e. The number of rotatable bonds is 4. The van der Waals surface area contributed by atoms with Gasteiger partial charge in [-0.2, -0.15) is 0 Å². The molecule has 1 aliphatic heterocycles. The van der Waals surface area contributed by atoms with E-state index in [4.69, 9.17) is 5.11 Å².